The monoisotopic (exact) mass is 223 g/mol. The van der Waals surface area contributed by atoms with Crippen LogP contribution in [-0.4, -0.2) is 12.1 Å². The Morgan fingerprint density at radius 3 is 2.73 bits per heavy atom. The van der Waals surface area contributed by atoms with Crippen LogP contribution in [0.4, 0.5) is 0 Å². The van der Waals surface area contributed by atoms with E-state index >= 15 is 0 Å². The van der Waals surface area contributed by atoms with Crippen molar-refractivity contribution in [3.63, 3.8) is 0 Å². The van der Waals surface area contributed by atoms with Crippen LogP contribution in [0.1, 0.15) is 42.4 Å². The minimum absolute atomic E-state index is 0.631. The number of aryl methyl sites for hydroxylation is 1. The highest BCUT2D eigenvalue weighted by Crippen LogP contribution is 2.20. The number of thiophene rings is 1. The Hall–Kier alpha value is -0.340. The number of nitrogens with one attached hydrogen (secondary N) is 1. The summed E-state index contributed by atoms with van der Waals surface area (Å²) >= 11 is 1.93. The zero-order chi connectivity index (χ0) is 10.7. The van der Waals surface area contributed by atoms with Gasteiger partial charge in [-0.15, -0.1) is 11.3 Å². The molecule has 1 unspecified atom stereocenters. The molecular weight excluding hydrogens is 202 g/mol. The first kappa shape index (κ1) is 11.2. The largest absolute Gasteiger partial charge is 0.311 e. The number of rotatable bonds is 4. The molecule has 1 heterocycles. The second-order valence-corrected chi connectivity index (χ2v) is 6.14. The standard InChI is InChI=1S/C13H21NS/c1-10(14-12-5-3-4-6-12)9-13-8-7-11(2)15-13/h7-8,10,12,14H,3-6,9H2,1-2H3. The SMILES string of the molecule is Cc1ccc(CC(C)NC2CCCC2)s1. The molecule has 1 aromatic heterocycles. The molecule has 0 spiro atoms. The highest BCUT2D eigenvalue weighted by atomic mass is 32.1. The van der Waals surface area contributed by atoms with E-state index in [2.05, 4.69) is 31.3 Å². The van der Waals surface area contributed by atoms with Gasteiger partial charge in [-0.2, -0.15) is 0 Å². The van der Waals surface area contributed by atoms with Crippen LogP contribution < -0.4 is 5.32 Å². The quantitative estimate of drug-likeness (QED) is 0.823. The average Bonchev–Trinajstić information content (AvgIpc) is 2.77. The topological polar surface area (TPSA) is 12.0 Å². The fraction of sp³-hybridized carbons (Fsp3) is 0.692. The van der Waals surface area contributed by atoms with Gasteiger partial charge in [0.25, 0.3) is 0 Å². The molecule has 1 aromatic rings. The van der Waals surface area contributed by atoms with Crippen LogP contribution in [-0.2, 0) is 6.42 Å². The van der Waals surface area contributed by atoms with E-state index < -0.39 is 0 Å². The Labute approximate surface area is 96.9 Å². The van der Waals surface area contributed by atoms with Crippen LogP contribution in [0.15, 0.2) is 12.1 Å². The van der Waals surface area contributed by atoms with E-state index in [-0.39, 0.29) is 0 Å². The first-order valence-electron chi connectivity index (χ1n) is 6.05. The summed E-state index contributed by atoms with van der Waals surface area (Å²) in [4.78, 5) is 2.95. The highest BCUT2D eigenvalue weighted by Gasteiger charge is 2.16. The maximum atomic E-state index is 3.74. The van der Waals surface area contributed by atoms with E-state index in [9.17, 15) is 0 Å². The smallest absolute Gasteiger partial charge is 0.00896 e. The Morgan fingerprint density at radius 2 is 2.13 bits per heavy atom. The first-order chi connectivity index (χ1) is 7.24. The minimum atomic E-state index is 0.631. The molecule has 1 fully saturated rings. The normalized spacial score (nSPS) is 19.6. The Bertz CT molecular complexity index is 299. The first-order valence-corrected chi connectivity index (χ1v) is 6.87. The van der Waals surface area contributed by atoms with Gasteiger partial charge in [-0.1, -0.05) is 12.8 Å². The predicted octanol–water partition coefficient (Wildman–Crippen LogP) is 3.52. The average molecular weight is 223 g/mol. The van der Waals surface area contributed by atoms with Crippen molar-refractivity contribution >= 4 is 11.3 Å². The summed E-state index contributed by atoms with van der Waals surface area (Å²) in [5.74, 6) is 0. The maximum absolute atomic E-state index is 3.74. The van der Waals surface area contributed by atoms with E-state index in [1.165, 1.54) is 41.9 Å². The third-order valence-corrected chi connectivity index (χ3v) is 4.20. The Kier molecular flexibility index (Phi) is 3.81. The molecule has 1 N–H and O–H groups in total. The molecule has 0 bridgehead atoms. The summed E-state index contributed by atoms with van der Waals surface area (Å²) in [6, 6.07) is 5.92. The minimum Gasteiger partial charge on any atom is -0.311 e. The van der Waals surface area contributed by atoms with Crippen molar-refractivity contribution in [1.82, 2.24) is 5.32 Å². The van der Waals surface area contributed by atoms with E-state index in [4.69, 9.17) is 0 Å². The molecule has 84 valence electrons. The number of hydrogen-bond donors (Lipinski definition) is 1. The molecule has 0 amide bonds. The maximum Gasteiger partial charge on any atom is 0.00896 e. The van der Waals surface area contributed by atoms with Gasteiger partial charge in [0.15, 0.2) is 0 Å². The third kappa shape index (κ3) is 3.32. The molecule has 0 radical (unpaired) electrons. The van der Waals surface area contributed by atoms with E-state index in [1.54, 1.807) is 0 Å². The van der Waals surface area contributed by atoms with Crippen molar-refractivity contribution in [2.75, 3.05) is 0 Å². The van der Waals surface area contributed by atoms with Gasteiger partial charge in [-0.3, -0.25) is 0 Å². The van der Waals surface area contributed by atoms with Crippen molar-refractivity contribution in [2.24, 2.45) is 0 Å². The molecule has 1 atom stereocenters. The second kappa shape index (κ2) is 5.13. The summed E-state index contributed by atoms with van der Waals surface area (Å²) in [5, 5.41) is 3.74. The lowest BCUT2D eigenvalue weighted by Crippen LogP contribution is -2.35. The summed E-state index contributed by atoms with van der Waals surface area (Å²) < 4.78 is 0. The lowest BCUT2D eigenvalue weighted by atomic mass is 10.1. The van der Waals surface area contributed by atoms with Crippen LogP contribution in [0.2, 0.25) is 0 Å². The second-order valence-electron chi connectivity index (χ2n) is 4.77. The molecule has 0 aliphatic heterocycles. The van der Waals surface area contributed by atoms with Gasteiger partial charge in [-0.05, 0) is 45.2 Å². The fourth-order valence-electron chi connectivity index (χ4n) is 2.45. The molecule has 1 aliphatic carbocycles. The van der Waals surface area contributed by atoms with Gasteiger partial charge in [0.05, 0.1) is 0 Å². The third-order valence-electron chi connectivity index (χ3n) is 3.18. The summed E-state index contributed by atoms with van der Waals surface area (Å²) in [6.45, 7) is 4.50. The molecule has 0 aromatic carbocycles. The summed E-state index contributed by atoms with van der Waals surface area (Å²) in [5.41, 5.74) is 0. The van der Waals surface area contributed by atoms with Crippen molar-refractivity contribution in [3.8, 4) is 0 Å². The van der Waals surface area contributed by atoms with Gasteiger partial charge < -0.3 is 5.32 Å². The molecule has 1 nitrogen and oxygen atoms in total. The molecule has 1 saturated carbocycles. The molecule has 15 heavy (non-hydrogen) atoms. The van der Waals surface area contributed by atoms with Gasteiger partial charge in [0, 0.05) is 21.8 Å². The molecule has 0 saturated heterocycles. The number of hydrogen-bond acceptors (Lipinski definition) is 2. The lowest BCUT2D eigenvalue weighted by molar-refractivity contribution is 0.450. The van der Waals surface area contributed by atoms with Crippen LogP contribution in [0.3, 0.4) is 0 Å². The van der Waals surface area contributed by atoms with Gasteiger partial charge in [0.2, 0.25) is 0 Å². The van der Waals surface area contributed by atoms with Crippen LogP contribution in [0.25, 0.3) is 0 Å². The van der Waals surface area contributed by atoms with Gasteiger partial charge in [-0.25, -0.2) is 0 Å². The fourth-order valence-corrected chi connectivity index (χ4v) is 3.47. The predicted molar refractivity (Wildman–Crippen MR) is 67.6 cm³/mol. The van der Waals surface area contributed by atoms with Gasteiger partial charge >= 0.3 is 0 Å². The summed E-state index contributed by atoms with van der Waals surface area (Å²) in [6.07, 6.45) is 6.79. The molecular formula is C13H21NS. The van der Waals surface area contributed by atoms with Crippen LogP contribution in [0, 0.1) is 6.92 Å². The van der Waals surface area contributed by atoms with Crippen molar-refractivity contribution in [3.05, 3.63) is 21.9 Å². The Balaban J connectivity index is 1.78. The summed E-state index contributed by atoms with van der Waals surface area (Å²) in [7, 11) is 0. The van der Waals surface area contributed by atoms with Crippen LogP contribution in [0.5, 0.6) is 0 Å². The van der Waals surface area contributed by atoms with E-state index in [0.717, 1.165) is 6.04 Å². The Morgan fingerprint density at radius 1 is 1.40 bits per heavy atom. The zero-order valence-corrected chi connectivity index (χ0v) is 10.6. The van der Waals surface area contributed by atoms with Crippen molar-refractivity contribution in [2.45, 2.75) is 58.0 Å². The molecule has 2 rings (SSSR count). The van der Waals surface area contributed by atoms with Crippen molar-refractivity contribution in [1.29, 1.82) is 0 Å². The van der Waals surface area contributed by atoms with Crippen molar-refractivity contribution < 1.29 is 0 Å². The van der Waals surface area contributed by atoms with E-state index in [1.807, 2.05) is 11.3 Å². The molecule has 2 heteroatoms. The zero-order valence-electron chi connectivity index (χ0n) is 9.75. The van der Waals surface area contributed by atoms with Crippen LogP contribution >= 0.6 is 11.3 Å². The van der Waals surface area contributed by atoms with Gasteiger partial charge in [0.1, 0.15) is 0 Å². The highest BCUT2D eigenvalue weighted by molar-refractivity contribution is 7.11. The lowest BCUT2D eigenvalue weighted by Gasteiger charge is -2.18. The molecule has 1 aliphatic rings. The van der Waals surface area contributed by atoms with E-state index in [0.29, 0.717) is 6.04 Å².